The van der Waals surface area contributed by atoms with Crippen LogP contribution in [0.5, 0.6) is 11.5 Å². The summed E-state index contributed by atoms with van der Waals surface area (Å²) in [5.41, 5.74) is 3.23. The highest BCUT2D eigenvalue weighted by Crippen LogP contribution is 2.37. The predicted octanol–water partition coefficient (Wildman–Crippen LogP) is 3.92. The van der Waals surface area contributed by atoms with Gasteiger partial charge >= 0.3 is 0 Å². The number of ether oxygens (including phenoxy) is 2. The summed E-state index contributed by atoms with van der Waals surface area (Å²) in [6.07, 6.45) is 3.09. The number of hydrogen-bond acceptors (Lipinski definition) is 5. The zero-order valence-corrected chi connectivity index (χ0v) is 15.5. The lowest BCUT2D eigenvalue weighted by Crippen LogP contribution is -2.16. The van der Waals surface area contributed by atoms with Gasteiger partial charge in [0.25, 0.3) is 5.91 Å². The number of amides is 1. The maximum absolute atomic E-state index is 13.9. The van der Waals surface area contributed by atoms with E-state index in [1.54, 1.807) is 19.2 Å². The fourth-order valence-electron chi connectivity index (χ4n) is 3.00. The van der Waals surface area contributed by atoms with Crippen molar-refractivity contribution in [1.82, 2.24) is 9.97 Å². The maximum atomic E-state index is 13.9. The monoisotopic (exact) mass is 379 g/mol. The number of nitrogens with zero attached hydrogens (tertiary/aromatic N) is 2. The number of carbonyl (C=O) groups excluding carboxylic acids is 1. The van der Waals surface area contributed by atoms with Crippen molar-refractivity contribution in [2.75, 3.05) is 18.5 Å². The van der Waals surface area contributed by atoms with Crippen LogP contribution >= 0.6 is 0 Å². The van der Waals surface area contributed by atoms with Crippen LogP contribution in [-0.2, 0) is 0 Å². The molecule has 2 aromatic heterocycles. The molecule has 0 fully saturated rings. The number of rotatable bonds is 3. The van der Waals surface area contributed by atoms with Gasteiger partial charge in [0.2, 0.25) is 0 Å². The summed E-state index contributed by atoms with van der Waals surface area (Å²) in [6, 6.07) is 8.62. The van der Waals surface area contributed by atoms with Crippen LogP contribution in [-0.4, -0.2) is 29.1 Å². The van der Waals surface area contributed by atoms with E-state index < -0.39 is 11.7 Å². The van der Waals surface area contributed by atoms with E-state index in [-0.39, 0.29) is 5.69 Å². The molecule has 0 atom stereocenters. The molecule has 0 saturated heterocycles. The van der Waals surface area contributed by atoms with E-state index in [2.05, 4.69) is 15.3 Å². The van der Waals surface area contributed by atoms with Crippen molar-refractivity contribution in [3.8, 4) is 22.6 Å². The number of benzene rings is 1. The van der Waals surface area contributed by atoms with E-state index in [0.717, 1.165) is 22.4 Å². The second-order valence-electron chi connectivity index (χ2n) is 6.54. The summed E-state index contributed by atoms with van der Waals surface area (Å²) in [6.45, 7) is 4.74. The number of anilines is 1. The van der Waals surface area contributed by atoms with Crippen LogP contribution in [0, 0.1) is 19.7 Å². The molecule has 142 valence electrons. The van der Waals surface area contributed by atoms with E-state index in [9.17, 15) is 9.18 Å². The second kappa shape index (κ2) is 7.26. The summed E-state index contributed by atoms with van der Waals surface area (Å²) in [5, 5.41) is 2.56. The summed E-state index contributed by atoms with van der Waals surface area (Å²) in [7, 11) is 0. The quantitative estimate of drug-likeness (QED) is 0.747. The van der Waals surface area contributed by atoms with E-state index >= 15 is 0 Å². The lowest BCUT2D eigenvalue weighted by Gasteiger charge is -2.20. The van der Waals surface area contributed by atoms with Gasteiger partial charge in [-0.25, -0.2) is 14.4 Å². The Morgan fingerprint density at radius 1 is 1.04 bits per heavy atom. The normalized spacial score (nSPS) is 12.5. The number of aryl methyl sites for hydroxylation is 2. The molecule has 0 aliphatic carbocycles. The number of hydrogen-bond donors (Lipinski definition) is 1. The highest BCUT2D eigenvalue weighted by Gasteiger charge is 2.17. The van der Waals surface area contributed by atoms with Crippen LogP contribution in [0.2, 0.25) is 0 Å². The van der Waals surface area contributed by atoms with Gasteiger partial charge in [0.15, 0.2) is 23.0 Å². The van der Waals surface area contributed by atoms with Crippen LogP contribution in [0.4, 0.5) is 10.2 Å². The Labute approximate surface area is 161 Å². The SMILES string of the molecule is Cc1cnc(C(=O)Nc2ccc(-c3cc4c(cc3C)OCCO4)cn2)c(F)c1. The number of halogens is 1. The highest BCUT2D eigenvalue weighted by molar-refractivity contribution is 6.02. The zero-order valence-electron chi connectivity index (χ0n) is 15.5. The van der Waals surface area contributed by atoms with Crippen LogP contribution < -0.4 is 14.8 Å². The lowest BCUT2D eigenvalue weighted by atomic mass is 10.0. The van der Waals surface area contributed by atoms with Gasteiger partial charge in [-0.2, -0.15) is 0 Å². The molecule has 28 heavy (non-hydrogen) atoms. The number of nitrogens with one attached hydrogen (secondary N) is 1. The first kappa shape index (κ1) is 17.9. The summed E-state index contributed by atoms with van der Waals surface area (Å²) in [5.74, 6) is 0.433. The first-order valence-electron chi connectivity index (χ1n) is 8.81. The number of carbonyl (C=O) groups is 1. The molecule has 1 aliphatic rings. The van der Waals surface area contributed by atoms with Crippen molar-refractivity contribution in [3.05, 3.63) is 65.4 Å². The fraction of sp³-hybridized carbons (Fsp3) is 0.190. The minimum Gasteiger partial charge on any atom is -0.486 e. The van der Waals surface area contributed by atoms with Crippen LogP contribution in [0.25, 0.3) is 11.1 Å². The van der Waals surface area contributed by atoms with Crippen molar-refractivity contribution in [2.45, 2.75) is 13.8 Å². The number of fused-ring (bicyclic) bond motifs is 1. The van der Waals surface area contributed by atoms with Crippen molar-refractivity contribution in [3.63, 3.8) is 0 Å². The van der Waals surface area contributed by atoms with Gasteiger partial charge in [0, 0.05) is 18.0 Å². The molecule has 1 aliphatic heterocycles. The van der Waals surface area contributed by atoms with Gasteiger partial charge in [-0.15, -0.1) is 0 Å². The average Bonchev–Trinajstić information content (AvgIpc) is 2.68. The Hall–Kier alpha value is -3.48. The molecule has 0 bridgehead atoms. The summed E-state index contributed by atoms with van der Waals surface area (Å²) in [4.78, 5) is 20.3. The minimum absolute atomic E-state index is 0.265. The summed E-state index contributed by atoms with van der Waals surface area (Å²) >= 11 is 0. The fourth-order valence-corrected chi connectivity index (χ4v) is 3.00. The smallest absolute Gasteiger partial charge is 0.278 e. The summed E-state index contributed by atoms with van der Waals surface area (Å²) < 4.78 is 25.1. The molecule has 0 saturated carbocycles. The third kappa shape index (κ3) is 3.51. The van der Waals surface area contributed by atoms with Gasteiger partial charge in [-0.3, -0.25) is 4.79 Å². The molecule has 3 heterocycles. The third-order valence-electron chi connectivity index (χ3n) is 4.40. The van der Waals surface area contributed by atoms with Crippen LogP contribution in [0.1, 0.15) is 21.6 Å². The Bertz CT molecular complexity index is 1050. The standard InChI is InChI=1S/C21H18FN3O3/c1-12-7-16(22)20(24-10-12)21(26)25-19-4-3-14(11-23-19)15-9-18-17(8-13(15)2)27-5-6-28-18/h3-4,7-11H,5-6H2,1-2H3,(H,23,25,26). The Balaban J connectivity index is 1.55. The molecule has 6 nitrogen and oxygen atoms in total. The lowest BCUT2D eigenvalue weighted by molar-refractivity contribution is 0.101. The van der Waals surface area contributed by atoms with Crippen molar-refractivity contribution < 1.29 is 18.7 Å². The van der Waals surface area contributed by atoms with Crippen molar-refractivity contribution >= 4 is 11.7 Å². The molecule has 7 heteroatoms. The Morgan fingerprint density at radius 2 is 1.79 bits per heavy atom. The largest absolute Gasteiger partial charge is 0.486 e. The molecule has 0 spiro atoms. The molecule has 1 aromatic carbocycles. The average molecular weight is 379 g/mol. The van der Waals surface area contributed by atoms with E-state index in [1.165, 1.54) is 12.3 Å². The molecule has 4 rings (SSSR count). The van der Waals surface area contributed by atoms with Crippen LogP contribution in [0.15, 0.2) is 42.7 Å². The molecule has 1 amide bonds. The van der Waals surface area contributed by atoms with Gasteiger partial charge < -0.3 is 14.8 Å². The van der Waals surface area contributed by atoms with E-state index in [1.807, 2.05) is 25.1 Å². The van der Waals surface area contributed by atoms with Crippen molar-refractivity contribution in [1.29, 1.82) is 0 Å². The highest BCUT2D eigenvalue weighted by atomic mass is 19.1. The first-order valence-corrected chi connectivity index (χ1v) is 8.81. The molecular weight excluding hydrogens is 361 g/mol. The third-order valence-corrected chi connectivity index (χ3v) is 4.40. The van der Waals surface area contributed by atoms with Gasteiger partial charge in [-0.05, 0) is 60.9 Å². The molecular formula is C21H18FN3O3. The molecule has 1 N–H and O–H groups in total. The predicted molar refractivity (Wildman–Crippen MR) is 102 cm³/mol. The number of aromatic nitrogens is 2. The topological polar surface area (TPSA) is 73.3 Å². The molecule has 0 radical (unpaired) electrons. The van der Waals surface area contributed by atoms with E-state index in [4.69, 9.17) is 9.47 Å². The maximum Gasteiger partial charge on any atom is 0.278 e. The van der Waals surface area contributed by atoms with Gasteiger partial charge in [-0.1, -0.05) is 0 Å². The second-order valence-corrected chi connectivity index (χ2v) is 6.54. The Kier molecular flexibility index (Phi) is 4.65. The Morgan fingerprint density at radius 3 is 2.46 bits per heavy atom. The van der Waals surface area contributed by atoms with Gasteiger partial charge in [0.05, 0.1) is 0 Å². The van der Waals surface area contributed by atoms with Gasteiger partial charge in [0.1, 0.15) is 19.0 Å². The van der Waals surface area contributed by atoms with Crippen molar-refractivity contribution in [2.24, 2.45) is 0 Å². The molecule has 3 aromatic rings. The molecule has 0 unspecified atom stereocenters. The van der Waals surface area contributed by atoms with E-state index in [0.29, 0.717) is 30.3 Å². The minimum atomic E-state index is -0.666. The first-order chi connectivity index (χ1) is 13.5. The van der Waals surface area contributed by atoms with Crippen LogP contribution in [0.3, 0.4) is 0 Å². The zero-order chi connectivity index (χ0) is 19.7. The number of pyridine rings is 2.